The summed E-state index contributed by atoms with van der Waals surface area (Å²) >= 11 is 11.6. The van der Waals surface area contributed by atoms with E-state index < -0.39 is 0 Å². The first kappa shape index (κ1) is 13.3. The zero-order valence-corrected chi connectivity index (χ0v) is 10.7. The molecule has 0 saturated heterocycles. The van der Waals surface area contributed by atoms with Gasteiger partial charge in [-0.3, -0.25) is 4.79 Å². The Labute approximate surface area is 106 Å². The van der Waals surface area contributed by atoms with E-state index in [1.165, 1.54) is 0 Å². The fourth-order valence-electron chi connectivity index (χ4n) is 1.30. The maximum absolute atomic E-state index is 11.5. The maximum atomic E-state index is 11.5. The lowest BCUT2D eigenvalue weighted by atomic mass is 10.1. The molecule has 0 atom stereocenters. The molecule has 0 aliphatic rings. The average Bonchev–Trinajstić information content (AvgIpc) is 2.24. The molecule has 2 nitrogen and oxygen atoms in total. The van der Waals surface area contributed by atoms with Gasteiger partial charge in [-0.25, -0.2) is 0 Å². The van der Waals surface area contributed by atoms with Gasteiger partial charge in [-0.15, -0.1) is 0 Å². The normalized spacial score (nSPS) is 10.2. The van der Waals surface area contributed by atoms with E-state index in [0.717, 1.165) is 24.9 Å². The molecular formula is C12H15Cl2NO. The SMILES string of the molecule is CCCCNC(=O)Cc1ccc(Cl)c(Cl)c1. The topological polar surface area (TPSA) is 29.1 Å². The van der Waals surface area contributed by atoms with Gasteiger partial charge in [-0.2, -0.15) is 0 Å². The number of amides is 1. The van der Waals surface area contributed by atoms with Crippen molar-refractivity contribution in [3.8, 4) is 0 Å². The number of nitrogens with one attached hydrogen (secondary N) is 1. The van der Waals surface area contributed by atoms with Crippen LogP contribution in [0.2, 0.25) is 10.0 Å². The Bertz CT molecular complexity index is 366. The van der Waals surface area contributed by atoms with Crippen molar-refractivity contribution in [1.82, 2.24) is 5.32 Å². The highest BCUT2D eigenvalue weighted by Gasteiger charge is 2.04. The van der Waals surface area contributed by atoms with Crippen molar-refractivity contribution >= 4 is 29.1 Å². The van der Waals surface area contributed by atoms with Gasteiger partial charge in [0.25, 0.3) is 0 Å². The Morgan fingerprint density at radius 3 is 2.69 bits per heavy atom. The minimum absolute atomic E-state index is 0.0202. The van der Waals surface area contributed by atoms with Gasteiger partial charge in [-0.05, 0) is 24.1 Å². The van der Waals surface area contributed by atoms with Gasteiger partial charge >= 0.3 is 0 Å². The van der Waals surface area contributed by atoms with Crippen LogP contribution in [0.4, 0.5) is 0 Å². The van der Waals surface area contributed by atoms with Crippen molar-refractivity contribution in [2.24, 2.45) is 0 Å². The lowest BCUT2D eigenvalue weighted by Gasteiger charge is -2.05. The Morgan fingerprint density at radius 2 is 2.06 bits per heavy atom. The third-order valence-corrected chi connectivity index (χ3v) is 2.94. The average molecular weight is 260 g/mol. The van der Waals surface area contributed by atoms with Crippen molar-refractivity contribution in [2.45, 2.75) is 26.2 Å². The molecule has 0 spiro atoms. The second kappa shape index (κ2) is 6.77. The fourth-order valence-corrected chi connectivity index (χ4v) is 1.62. The summed E-state index contributed by atoms with van der Waals surface area (Å²) in [5.41, 5.74) is 0.878. The molecule has 0 radical (unpaired) electrons. The second-order valence-electron chi connectivity index (χ2n) is 3.63. The fraction of sp³-hybridized carbons (Fsp3) is 0.417. The van der Waals surface area contributed by atoms with Crippen LogP contribution in [0.1, 0.15) is 25.3 Å². The second-order valence-corrected chi connectivity index (χ2v) is 4.44. The third-order valence-electron chi connectivity index (χ3n) is 2.20. The summed E-state index contributed by atoms with van der Waals surface area (Å²) in [4.78, 5) is 11.5. The zero-order valence-electron chi connectivity index (χ0n) is 9.22. The molecular weight excluding hydrogens is 245 g/mol. The van der Waals surface area contributed by atoms with Crippen LogP contribution < -0.4 is 5.32 Å². The van der Waals surface area contributed by atoms with Crippen LogP contribution in [-0.4, -0.2) is 12.5 Å². The van der Waals surface area contributed by atoms with E-state index >= 15 is 0 Å². The first-order valence-electron chi connectivity index (χ1n) is 5.34. The van der Waals surface area contributed by atoms with Crippen LogP contribution in [-0.2, 0) is 11.2 Å². The standard InChI is InChI=1S/C12H15Cl2NO/c1-2-3-6-15-12(16)8-9-4-5-10(13)11(14)7-9/h4-5,7H,2-3,6,8H2,1H3,(H,15,16). The van der Waals surface area contributed by atoms with Crippen LogP contribution in [0.5, 0.6) is 0 Å². The number of carbonyl (C=O) groups is 1. The van der Waals surface area contributed by atoms with E-state index in [0.29, 0.717) is 16.5 Å². The van der Waals surface area contributed by atoms with Gasteiger partial charge < -0.3 is 5.32 Å². The van der Waals surface area contributed by atoms with Gasteiger partial charge in [0.2, 0.25) is 5.91 Å². The van der Waals surface area contributed by atoms with E-state index in [1.807, 2.05) is 6.07 Å². The zero-order chi connectivity index (χ0) is 12.0. The van der Waals surface area contributed by atoms with Crippen LogP contribution in [0.3, 0.4) is 0 Å². The largest absolute Gasteiger partial charge is 0.356 e. The summed E-state index contributed by atoms with van der Waals surface area (Å²) in [7, 11) is 0. The molecule has 0 aliphatic carbocycles. The van der Waals surface area contributed by atoms with E-state index in [1.54, 1.807) is 12.1 Å². The van der Waals surface area contributed by atoms with Gasteiger partial charge in [-0.1, -0.05) is 42.6 Å². The maximum Gasteiger partial charge on any atom is 0.224 e. The van der Waals surface area contributed by atoms with Crippen LogP contribution in [0.15, 0.2) is 18.2 Å². The Morgan fingerprint density at radius 1 is 1.31 bits per heavy atom. The quantitative estimate of drug-likeness (QED) is 0.807. The summed E-state index contributed by atoms with van der Waals surface area (Å²) < 4.78 is 0. The predicted octanol–water partition coefficient (Wildman–Crippen LogP) is 3.45. The van der Waals surface area contributed by atoms with E-state index in [2.05, 4.69) is 12.2 Å². The number of hydrogen-bond donors (Lipinski definition) is 1. The molecule has 0 heterocycles. The molecule has 0 bridgehead atoms. The Kier molecular flexibility index (Phi) is 5.64. The van der Waals surface area contributed by atoms with E-state index in [-0.39, 0.29) is 5.91 Å². The van der Waals surface area contributed by atoms with Crippen LogP contribution >= 0.6 is 23.2 Å². The Balaban J connectivity index is 2.46. The molecule has 0 fully saturated rings. The molecule has 0 unspecified atom stereocenters. The van der Waals surface area contributed by atoms with Crippen LogP contribution in [0, 0.1) is 0 Å². The smallest absolute Gasteiger partial charge is 0.224 e. The first-order valence-corrected chi connectivity index (χ1v) is 6.09. The van der Waals surface area contributed by atoms with Crippen molar-refractivity contribution in [1.29, 1.82) is 0 Å². The van der Waals surface area contributed by atoms with Gasteiger partial charge in [0.05, 0.1) is 16.5 Å². The minimum atomic E-state index is 0.0202. The molecule has 4 heteroatoms. The van der Waals surface area contributed by atoms with Gasteiger partial charge in [0.1, 0.15) is 0 Å². The molecule has 0 saturated carbocycles. The van der Waals surface area contributed by atoms with Crippen molar-refractivity contribution in [3.05, 3.63) is 33.8 Å². The lowest BCUT2D eigenvalue weighted by molar-refractivity contribution is -0.120. The highest BCUT2D eigenvalue weighted by molar-refractivity contribution is 6.42. The van der Waals surface area contributed by atoms with Crippen LogP contribution in [0.25, 0.3) is 0 Å². The lowest BCUT2D eigenvalue weighted by Crippen LogP contribution is -2.25. The van der Waals surface area contributed by atoms with Crippen molar-refractivity contribution < 1.29 is 4.79 Å². The highest BCUT2D eigenvalue weighted by atomic mass is 35.5. The van der Waals surface area contributed by atoms with Gasteiger partial charge in [0.15, 0.2) is 0 Å². The van der Waals surface area contributed by atoms with Crippen molar-refractivity contribution in [3.63, 3.8) is 0 Å². The molecule has 0 aliphatic heterocycles. The van der Waals surface area contributed by atoms with E-state index in [9.17, 15) is 4.79 Å². The molecule has 1 aromatic rings. The number of halogens is 2. The summed E-state index contributed by atoms with van der Waals surface area (Å²) in [6, 6.07) is 5.25. The molecule has 16 heavy (non-hydrogen) atoms. The molecule has 1 aromatic carbocycles. The highest BCUT2D eigenvalue weighted by Crippen LogP contribution is 2.22. The molecule has 88 valence electrons. The first-order chi connectivity index (χ1) is 7.63. The summed E-state index contributed by atoms with van der Waals surface area (Å²) in [5.74, 6) is 0.0202. The molecule has 1 N–H and O–H groups in total. The van der Waals surface area contributed by atoms with Crippen molar-refractivity contribution in [2.75, 3.05) is 6.54 Å². The summed E-state index contributed by atoms with van der Waals surface area (Å²) in [6.07, 6.45) is 2.43. The summed E-state index contributed by atoms with van der Waals surface area (Å²) in [5, 5.41) is 3.85. The number of benzene rings is 1. The third kappa shape index (κ3) is 4.42. The number of unbranched alkanes of at least 4 members (excludes halogenated alkanes) is 1. The number of hydrogen-bond acceptors (Lipinski definition) is 1. The monoisotopic (exact) mass is 259 g/mol. The molecule has 1 amide bonds. The Hall–Kier alpha value is -0.730. The summed E-state index contributed by atoms with van der Waals surface area (Å²) in [6.45, 7) is 2.82. The van der Waals surface area contributed by atoms with E-state index in [4.69, 9.17) is 23.2 Å². The minimum Gasteiger partial charge on any atom is -0.356 e. The predicted molar refractivity (Wildman–Crippen MR) is 68.1 cm³/mol. The van der Waals surface area contributed by atoms with Gasteiger partial charge in [0, 0.05) is 6.54 Å². The number of rotatable bonds is 5. The molecule has 0 aromatic heterocycles. The number of carbonyl (C=O) groups excluding carboxylic acids is 1. The molecule has 1 rings (SSSR count).